The van der Waals surface area contributed by atoms with Crippen LogP contribution in [0.25, 0.3) is 0 Å². The molecule has 0 aromatic heterocycles. The van der Waals surface area contributed by atoms with Crippen LogP contribution in [-0.4, -0.2) is 46.1 Å². The highest BCUT2D eigenvalue weighted by molar-refractivity contribution is 6.00. The Morgan fingerprint density at radius 1 is 0.848 bits per heavy atom. The van der Waals surface area contributed by atoms with Crippen molar-refractivity contribution in [1.29, 1.82) is 0 Å². The molecule has 46 heavy (non-hydrogen) atoms. The molecular formula is C38H51N3O5. The first-order valence-corrected chi connectivity index (χ1v) is 16.3. The Hall–Kier alpha value is -4.33. The number of para-hydroxylation sites is 1. The van der Waals surface area contributed by atoms with E-state index in [1.165, 1.54) is 0 Å². The number of nitrogens with zero attached hydrogens (tertiary/aromatic N) is 1. The number of carbonyl (C=O) groups is 3. The van der Waals surface area contributed by atoms with Crippen LogP contribution in [0.2, 0.25) is 0 Å². The number of phenolic OH excluding ortho intramolecular Hbond substituents is 1. The summed E-state index contributed by atoms with van der Waals surface area (Å²) in [6.07, 6.45) is 4.22. The number of carbonyl (C=O) groups excluding carboxylic acids is 3. The van der Waals surface area contributed by atoms with Crippen molar-refractivity contribution in [2.24, 2.45) is 0 Å². The quantitative estimate of drug-likeness (QED) is 0.157. The fourth-order valence-electron chi connectivity index (χ4n) is 5.39. The Kier molecular flexibility index (Phi) is 13.2. The fraction of sp³-hybridized carbons (Fsp3) is 0.447. The van der Waals surface area contributed by atoms with E-state index in [9.17, 15) is 19.5 Å². The van der Waals surface area contributed by atoms with Crippen LogP contribution in [0.1, 0.15) is 93.7 Å². The van der Waals surface area contributed by atoms with Crippen LogP contribution < -0.4 is 10.6 Å². The number of phenols is 1. The minimum Gasteiger partial charge on any atom is -0.508 e. The average Bonchev–Trinajstić information content (AvgIpc) is 2.98. The summed E-state index contributed by atoms with van der Waals surface area (Å²) in [4.78, 5) is 43.8. The summed E-state index contributed by atoms with van der Waals surface area (Å²) < 4.78 is 5.55. The van der Waals surface area contributed by atoms with E-state index in [4.69, 9.17) is 4.74 Å². The minimum absolute atomic E-state index is 0.100. The molecule has 3 aromatic rings. The number of anilines is 1. The number of rotatable bonds is 14. The van der Waals surface area contributed by atoms with Gasteiger partial charge in [0.15, 0.2) is 0 Å². The molecule has 3 rings (SSSR count). The van der Waals surface area contributed by atoms with Crippen molar-refractivity contribution >= 4 is 23.6 Å². The normalized spacial score (nSPS) is 12.6. The van der Waals surface area contributed by atoms with Crippen molar-refractivity contribution < 1.29 is 24.2 Å². The molecule has 2 atom stereocenters. The molecule has 0 spiro atoms. The molecule has 0 heterocycles. The number of aryl methyl sites for hydroxylation is 3. The number of alkyl carbamates (subject to hydrolysis) is 1. The number of amides is 3. The molecule has 0 bridgehead atoms. The van der Waals surface area contributed by atoms with E-state index in [2.05, 4.69) is 17.6 Å². The highest BCUT2D eigenvalue weighted by atomic mass is 16.6. The lowest BCUT2D eigenvalue weighted by Crippen LogP contribution is -2.53. The van der Waals surface area contributed by atoms with Gasteiger partial charge >= 0.3 is 6.09 Å². The van der Waals surface area contributed by atoms with Crippen LogP contribution in [0.5, 0.6) is 5.75 Å². The van der Waals surface area contributed by atoms with Crippen LogP contribution in [0.4, 0.5) is 10.5 Å². The van der Waals surface area contributed by atoms with Gasteiger partial charge in [-0.1, -0.05) is 92.8 Å². The molecule has 2 unspecified atom stereocenters. The first-order valence-electron chi connectivity index (χ1n) is 16.3. The van der Waals surface area contributed by atoms with Gasteiger partial charge in [-0.25, -0.2) is 4.79 Å². The number of nitrogens with one attached hydrogen (secondary N) is 2. The Morgan fingerprint density at radius 3 is 2.04 bits per heavy atom. The van der Waals surface area contributed by atoms with E-state index in [0.717, 1.165) is 47.9 Å². The Labute approximate surface area is 274 Å². The number of hydrogen-bond acceptors (Lipinski definition) is 5. The molecule has 3 aromatic carbocycles. The largest absolute Gasteiger partial charge is 0.508 e. The third-order valence-electron chi connectivity index (χ3n) is 7.83. The summed E-state index contributed by atoms with van der Waals surface area (Å²) in [6, 6.07) is 18.0. The molecule has 0 saturated carbocycles. The predicted octanol–water partition coefficient (Wildman–Crippen LogP) is 7.93. The van der Waals surface area contributed by atoms with Crippen molar-refractivity contribution in [2.75, 3.05) is 11.9 Å². The molecule has 3 amide bonds. The summed E-state index contributed by atoms with van der Waals surface area (Å²) in [5.74, 6) is -0.622. The highest BCUT2D eigenvalue weighted by Crippen LogP contribution is 2.28. The van der Waals surface area contributed by atoms with E-state index < -0.39 is 29.7 Å². The molecule has 248 valence electrons. The highest BCUT2D eigenvalue weighted by Gasteiger charge is 2.36. The molecule has 0 aliphatic heterocycles. The van der Waals surface area contributed by atoms with Gasteiger partial charge in [0, 0.05) is 18.7 Å². The minimum atomic E-state index is -1.03. The molecule has 8 heteroatoms. The molecule has 8 nitrogen and oxygen atoms in total. The van der Waals surface area contributed by atoms with Gasteiger partial charge in [0.05, 0.1) is 0 Å². The number of aromatic hydroxyl groups is 1. The van der Waals surface area contributed by atoms with Crippen molar-refractivity contribution in [1.82, 2.24) is 10.2 Å². The SMILES string of the molecule is CCCCCCCN(C(=O)C(Cc1ccc(O)cc1)NC(=O)OC(C)(C)C)C(C(=O)Nc1c(C)cccc1C)c1ccc(C)cc1. The maximum atomic E-state index is 14.7. The van der Waals surface area contributed by atoms with Gasteiger partial charge < -0.3 is 25.4 Å². The van der Waals surface area contributed by atoms with Gasteiger partial charge in [-0.3, -0.25) is 9.59 Å². The molecule has 3 N–H and O–H groups in total. The second-order valence-corrected chi connectivity index (χ2v) is 13.1. The lowest BCUT2D eigenvalue weighted by Gasteiger charge is -2.35. The van der Waals surface area contributed by atoms with Crippen molar-refractivity contribution in [2.45, 2.75) is 105 Å². The van der Waals surface area contributed by atoms with Gasteiger partial charge in [-0.2, -0.15) is 0 Å². The number of ether oxygens (including phenoxy) is 1. The maximum absolute atomic E-state index is 14.7. The number of unbranched alkanes of at least 4 members (excludes halogenated alkanes) is 4. The smallest absolute Gasteiger partial charge is 0.408 e. The number of hydrogen-bond donors (Lipinski definition) is 3. The standard InChI is InChI=1S/C38H51N3O5/c1-8-9-10-11-12-24-41(36(44)32(39-37(45)46-38(5,6)7)25-29-18-22-31(42)23-19-29)34(30-20-16-26(2)17-21-30)35(43)40-33-27(3)14-13-15-28(33)4/h13-23,32,34,42H,8-12,24-25H2,1-7H3,(H,39,45)(H,40,43). The molecule has 0 aliphatic carbocycles. The van der Waals surface area contributed by atoms with E-state index in [0.29, 0.717) is 24.2 Å². The zero-order chi connectivity index (χ0) is 33.9. The van der Waals surface area contributed by atoms with E-state index in [-0.39, 0.29) is 18.1 Å². The van der Waals surface area contributed by atoms with E-state index in [1.54, 1.807) is 49.9 Å². The van der Waals surface area contributed by atoms with Crippen LogP contribution in [0, 0.1) is 20.8 Å². The lowest BCUT2D eigenvalue weighted by atomic mass is 9.98. The fourth-order valence-corrected chi connectivity index (χ4v) is 5.39. The number of benzene rings is 3. The van der Waals surface area contributed by atoms with Crippen molar-refractivity contribution in [3.63, 3.8) is 0 Å². The summed E-state index contributed by atoms with van der Waals surface area (Å²) in [5, 5.41) is 15.8. The summed E-state index contributed by atoms with van der Waals surface area (Å²) >= 11 is 0. The van der Waals surface area contributed by atoms with Crippen LogP contribution in [-0.2, 0) is 20.7 Å². The van der Waals surface area contributed by atoms with E-state index in [1.807, 2.05) is 63.2 Å². The predicted molar refractivity (Wildman–Crippen MR) is 184 cm³/mol. The monoisotopic (exact) mass is 629 g/mol. The van der Waals surface area contributed by atoms with Gasteiger partial charge in [0.2, 0.25) is 5.91 Å². The van der Waals surface area contributed by atoms with Crippen molar-refractivity contribution in [3.05, 3.63) is 94.5 Å². The van der Waals surface area contributed by atoms with Gasteiger partial charge in [-0.15, -0.1) is 0 Å². The second-order valence-electron chi connectivity index (χ2n) is 13.1. The van der Waals surface area contributed by atoms with Gasteiger partial charge in [0.1, 0.15) is 23.4 Å². The first-order chi connectivity index (χ1) is 21.8. The molecule has 0 fully saturated rings. The molecule has 0 radical (unpaired) electrons. The molecular weight excluding hydrogens is 578 g/mol. The third kappa shape index (κ3) is 10.9. The maximum Gasteiger partial charge on any atom is 0.408 e. The topological polar surface area (TPSA) is 108 Å². The van der Waals surface area contributed by atoms with Gasteiger partial charge in [0.25, 0.3) is 5.91 Å². The Morgan fingerprint density at radius 2 is 1.46 bits per heavy atom. The molecule has 0 saturated heterocycles. The summed E-state index contributed by atoms with van der Waals surface area (Å²) in [7, 11) is 0. The van der Waals surface area contributed by atoms with Crippen LogP contribution >= 0.6 is 0 Å². The summed E-state index contributed by atoms with van der Waals surface area (Å²) in [6.45, 7) is 13.6. The second kappa shape index (κ2) is 16.8. The first kappa shape index (κ1) is 36.1. The van der Waals surface area contributed by atoms with Crippen LogP contribution in [0.3, 0.4) is 0 Å². The zero-order valence-corrected chi connectivity index (χ0v) is 28.5. The Balaban J connectivity index is 2.09. The third-order valence-corrected chi connectivity index (χ3v) is 7.83. The van der Waals surface area contributed by atoms with Crippen molar-refractivity contribution in [3.8, 4) is 5.75 Å². The van der Waals surface area contributed by atoms with E-state index >= 15 is 0 Å². The van der Waals surface area contributed by atoms with Crippen LogP contribution in [0.15, 0.2) is 66.7 Å². The summed E-state index contributed by atoms with van der Waals surface area (Å²) in [5.41, 5.74) is 4.24. The Bertz CT molecular complexity index is 1420. The molecule has 0 aliphatic rings. The van der Waals surface area contributed by atoms with Gasteiger partial charge in [-0.05, 0) is 82.3 Å². The average molecular weight is 630 g/mol. The lowest BCUT2D eigenvalue weighted by molar-refractivity contribution is -0.140. The zero-order valence-electron chi connectivity index (χ0n) is 28.5.